The molecule has 1 amide bonds. The Morgan fingerprint density at radius 3 is 2.57 bits per heavy atom. The largest absolute Gasteiger partial charge is 0.369 e. The molecule has 0 spiro atoms. The maximum atomic E-state index is 12.7. The zero-order valence-electron chi connectivity index (χ0n) is 12.9. The number of carbonyl (C=O) groups is 1. The van der Waals surface area contributed by atoms with Crippen molar-refractivity contribution >= 4 is 5.91 Å². The summed E-state index contributed by atoms with van der Waals surface area (Å²) in [5.74, 6) is 0.255. The van der Waals surface area contributed by atoms with Crippen LogP contribution in [0.3, 0.4) is 0 Å². The van der Waals surface area contributed by atoms with Crippen molar-refractivity contribution in [3.63, 3.8) is 0 Å². The highest BCUT2D eigenvalue weighted by Gasteiger charge is 2.43. The molecule has 4 heteroatoms. The van der Waals surface area contributed by atoms with Gasteiger partial charge in [0.15, 0.2) is 6.23 Å². The maximum absolute atomic E-state index is 12.7. The Balaban J connectivity index is 1.59. The van der Waals surface area contributed by atoms with E-state index in [9.17, 15) is 9.90 Å². The molecule has 2 heterocycles. The molecule has 23 heavy (non-hydrogen) atoms. The monoisotopic (exact) mass is 308 g/mol. The fraction of sp³-hybridized carbons (Fsp3) is 0.316. The number of hydrogen-bond acceptors (Lipinski definition) is 3. The number of aliphatic hydroxyl groups excluding tert-OH is 1. The van der Waals surface area contributed by atoms with Crippen LogP contribution in [0.5, 0.6) is 0 Å². The normalized spacial score (nSPS) is 26.6. The summed E-state index contributed by atoms with van der Waals surface area (Å²) in [6, 6.07) is 17.7. The lowest BCUT2D eigenvalue weighted by Gasteiger charge is -2.31. The Morgan fingerprint density at radius 1 is 1.04 bits per heavy atom. The highest BCUT2D eigenvalue weighted by molar-refractivity contribution is 5.99. The van der Waals surface area contributed by atoms with Crippen molar-refractivity contribution in [2.24, 2.45) is 5.92 Å². The Morgan fingerprint density at radius 2 is 1.78 bits per heavy atom. The summed E-state index contributed by atoms with van der Waals surface area (Å²) >= 11 is 0. The molecule has 1 fully saturated rings. The van der Waals surface area contributed by atoms with Crippen molar-refractivity contribution < 1.29 is 9.90 Å². The van der Waals surface area contributed by atoms with E-state index in [1.54, 1.807) is 11.0 Å². The molecule has 0 aliphatic carbocycles. The molecule has 0 bridgehead atoms. The molecule has 0 saturated carbocycles. The molecule has 2 aromatic carbocycles. The van der Waals surface area contributed by atoms with Gasteiger partial charge < -0.3 is 15.3 Å². The first-order chi connectivity index (χ1) is 11.3. The van der Waals surface area contributed by atoms with E-state index in [1.165, 1.54) is 5.56 Å². The van der Waals surface area contributed by atoms with Gasteiger partial charge in [-0.1, -0.05) is 48.5 Å². The van der Waals surface area contributed by atoms with Gasteiger partial charge >= 0.3 is 0 Å². The van der Waals surface area contributed by atoms with E-state index in [1.807, 2.05) is 36.4 Å². The molecule has 0 radical (unpaired) electrons. The van der Waals surface area contributed by atoms with Crippen LogP contribution in [0.1, 0.15) is 27.7 Å². The molecular weight excluding hydrogens is 288 g/mol. The number of nitrogens with zero attached hydrogens (tertiary/aromatic N) is 1. The third kappa shape index (κ3) is 2.44. The molecule has 2 N–H and O–H groups in total. The van der Waals surface area contributed by atoms with Gasteiger partial charge in [0.05, 0.1) is 6.04 Å². The third-order valence-electron chi connectivity index (χ3n) is 4.97. The van der Waals surface area contributed by atoms with Gasteiger partial charge in [-0.2, -0.15) is 0 Å². The molecule has 1 saturated heterocycles. The molecule has 2 aliphatic rings. The molecule has 2 aliphatic heterocycles. The van der Waals surface area contributed by atoms with Crippen LogP contribution < -0.4 is 5.32 Å². The fourth-order valence-electron chi connectivity index (χ4n) is 3.82. The number of fused-ring (bicyclic) bond motifs is 1. The van der Waals surface area contributed by atoms with Crippen molar-refractivity contribution in [1.29, 1.82) is 0 Å². The second kappa shape index (κ2) is 5.80. The van der Waals surface area contributed by atoms with E-state index in [4.69, 9.17) is 0 Å². The highest BCUT2D eigenvalue weighted by Crippen LogP contribution is 2.36. The lowest BCUT2D eigenvalue weighted by Crippen LogP contribution is -2.43. The SMILES string of the molecule is O=C1c2ccccc2C(O)N1C1CNCC1Cc1ccccc1. The van der Waals surface area contributed by atoms with Crippen LogP contribution in [0.15, 0.2) is 54.6 Å². The van der Waals surface area contributed by atoms with Gasteiger partial charge in [-0.3, -0.25) is 4.79 Å². The zero-order valence-corrected chi connectivity index (χ0v) is 12.9. The van der Waals surface area contributed by atoms with Gasteiger partial charge in [0.25, 0.3) is 5.91 Å². The second-order valence-electron chi connectivity index (χ2n) is 6.35. The van der Waals surface area contributed by atoms with E-state index in [2.05, 4.69) is 17.4 Å². The first-order valence-corrected chi connectivity index (χ1v) is 8.10. The zero-order chi connectivity index (χ0) is 15.8. The predicted octanol–water partition coefficient (Wildman–Crippen LogP) is 1.96. The number of aliphatic hydroxyl groups is 1. The first kappa shape index (κ1) is 14.4. The molecule has 4 rings (SSSR count). The van der Waals surface area contributed by atoms with Gasteiger partial charge in [-0.15, -0.1) is 0 Å². The van der Waals surface area contributed by atoms with Crippen LogP contribution in [0.2, 0.25) is 0 Å². The number of benzene rings is 2. The average Bonchev–Trinajstić information content (AvgIpc) is 3.12. The van der Waals surface area contributed by atoms with Crippen molar-refractivity contribution in [2.45, 2.75) is 18.7 Å². The molecular formula is C19H20N2O2. The number of carbonyl (C=O) groups excluding carboxylic acids is 1. The number of rotatable bonds is 3. The fourth-order valence-corrected chi connectivity index (χ4v) is 3.82. The quantitative estimate of drug-likeness (QED) is 0.911. The van der Waals surface area contributed by atoms with Crippen LogP contribution in [0, 0.1) is 5.92 Å². The van der Waals surface area contributed by atoms with Gasteiger partial charge in [0.1, 0.15) is 0 Å². The molecule has 4 nitrogen and oxygen atoms in total. The van der Waals surface area contributed by atoms with Crippen molar-refractivity contribution in [3.05, 3.63) is 71.3 Å². The summed E-state index contributed by atoms with van der Waals surface area (Å²) in [6.45, 7) is 1.60. The standard InChI is InChI=1S/C19H20N2O2/c22-18-15-8-4-5-9-16(15)19(23)21(18)17-12-20-11-14(17)10-13-6-2-1-3-7-13/h1-9,14,17-18,20,22H,10-12H2. The first-order valence-electron chi connectivity index (χ1n) is 8.10. The Kier molecular flexibility index (Phi) is 3.63. The topological polar surface area (TPSA) is 52.6 Å². The van der Waals surface area contributed by atoms with Crippen molar-refractivity contribution in [1.82, 2.24) is 10.2 Å². The minimum atomic E-state index is -0.832. The van der Waals surface area contributed by atoms with E-state index in [0.717, 1.165) is 25.1 Å². The number of hydrogen-bond donors (Lipinski definition) is 2. The van der Waals surface area contributed by atoms with Crippen LogP contribution >= 0.6 is 0 Å². The second-order valence-corrected chi connectivity index (χ2v) is 6.35. The summed E-state index contributed by atoms with van der Waals surface area (Å²) < 4.78 is 0. The third-order valence-corrected chi connectivity index (χ3v) is 4.97. The molecule has 118 valence electrons. The number of amides is 1. The van der Waals surface area contributed by atoms with Crippen molar-refractivity contribution in [2.75, 3.05) is 13.1 Å². The lowest BCUT2D eigenvalue weighted by molar-refractivity contribution is -0.00787. The Bertz CT molecular complexity index is 716. The molecule has 0 aromatic heterocycles. The summed E-state index contributed by atoms with van der Waals surface area (Å²) in [4.78, 5) is 14.4. The Hall–Kier alpha value is -2.17. The minimum Gasteiger partial charge on any atom is -0.369 e. The highest BCUT2D eigenvalue weighted by atomic mass is 16.3. The van der Waals surface area contributed by atoms with E-state index >= 15 is 0 Å². The predicted molar refractivity (Wildman–Crippen MR) is 87.9 cm³/mol. The molecule has 3 unspecified atom stereocenters. The van der Waals surface area contributed by atoms with Crippen LogP contribution in [0.25, 0.3) is 0 Å². The smallest absolute Gasteiger partial charge is 0.256 e. The van der Waals surface area contributed by atoms with Gasteiger partial charge in [-0.05, 0) is 24.0 Å². The van der Waals surface area contributed by atoms with Gasteiger partial charge in [0.2, 0.25) is 0 Å². The lowest BCUT2D eigenvalue weighted by atomic mass is 9.94. The van der Waals surface area contributed by atoms with E-state index < -0.39 is 6.23 Å². The average molecular weight is 308 g/mol. The van der Waals surface area contributed by atoms with Crippen LogP contribution in [-0.4, -0.2) is 35.0 Å². The number of nitrogens with one attached hydrogen (secondary N) is 1. The summed E-state index contributed by atoms with van der Waals surface area (Å²) in [6.07, 6.45) is 0.0765. The minimum absolute atomic E-state index is 0.0186. The van der Waals surface area contributed by atoms with Crippen LogP contribution in [0.4, 0.5) is 0 Å². The summed E-state index contributed by atoms with van der Waals surface area (Å²) in [5.41, 5.74) is 2.62. The van der Waals surface area contributed by atoms with E-state index in [-0.39, 0.29) is 11.9 Å². The molecule has 2 aromatic rings. The molecule has 3 atom stereocenters. The Labute approximate surface area is 135 Å². The summed E-state index contributed by atoms with van der Waals surface area (Å²) in [7, 11) is 0. The van der Waals surface area contributed by atoms with E-state index in [0.29, 0.717) is 11.5 Å². The summed E-state index contributed by atoms with van der Waals surface area (Å²) in [5, 5.41) is 14.0. The van der Waals surface area contributed by atoms with Crippen molar-refractivity contribution in [3.8, 4) is 0 Å². The van der Waals surface area contributed by atoms with Gasteiger partial charge in [0, 0.05) is 24.2 Å². The maximum Gasteiger partial charge on any atom is 0.256 e. The van der Waals surface area contributed by atoms with Crippen LogP contribution in [-0.2, 0) is 6.42 Å². The van der Waals surface area contributed by atoms with Gasteiger partial charge in [-0.25, -0.2) is 0 Å².